The molecule has 1 atom stereocenters. The van der Waals surface area contributed by atoms with Gasteiger partial charge in [-0.15, -0.1) is 10.2 Å². The molecule has 2 aromatic carbocycles. The number of carbonyl (C=O) groups excluding carboxylic acids is 2. The summed E-state index contributed by atoms with van der Waals surface area (Å²) in [6.07, 6.45) is 0.350. The normalized spacial score (nSPS) is 16.1. The molecule has 148 valence electrons. The van der Waals surface area contributed by atoms with Crippen molar-refractivity contribution in [2.24, 2.45) is 0 Å². The van der Waals surface area contributed by atoms with Crippen molar-refractivity contribution in [1.29, 1.82) is 0 Å². The van der Waals surface area contributed by atoms with Gasteiger partial charge in [-0.25, -0.2) is 0 Å². The Morgan fingerprint density at radius 3 is 2.76 bits per heavy atom. The van der Waals surface area contributed by atoms with Gasteiger partial charge in [0.05, 0.1) is 7.11 Å². The highest BCUT2D eigenvalue weighted by molar-refractivity contribution is 7.15. The van der Waals surface area contributed by atoms with Crippen molar-refractivity contribution in [2.45, 2.75) is 12.3 Å². The fourth-order valence-electron chi connectivity index (χ4n) is 3.13. The molecule has 0 radical (unpaired) electrons. The summed E-state index contributed by atoms with van der Waals surface area (Å²) >= 11 is 7.20. The lowest BCUT2D eigenvalue weighted by atomic mass is 10.1. The van der Waals surface area contributed by atoms with Crippen molar-refractivity contribution >= 4 is 45.6 Å². The number of nitrogens with one attached hydrogen (secondary N) is 1. The number of hydrogen-bond acceptors (Lipinski definition) is 6. The third-order valence-electron chi connectivity index (χ3n) is 4.61. The molecule has 1 N–H and O–H groups in total. The van der Waals surface area contributed by atoms with Gasteiger partial charge in [0.25, 0.3) is 5.91 Å². The van der Waals surface area contributed by atoms with Gasteiger partial charge in [0.1, 0.15) is 10.8 Å². The molecule has 2 amide bonds. The first-order valence-corrected chi connectivity index (χ1v) is 10.1. The molecule has 1 aliphatic rings. The smallest absolute Gasteiger partial charge is 0.257 e. The summed E-state index contributed by atoms with van der Waals surface area (Å²) in [6, 6.07) is 14.0. The minimum Gasteiger partial charge on any atom is -0.497 e. The van der Waals surface area contributed by atoms with Gasteiger partial charge in [0.15, 0.2) is 0 Å². The molecular weight excluding hydrogens is 412 g/mol. The lowest BCUT2D eigenvalue weighted by Crippen LogP contribution is -2.24. The highest BCUT2D eigenvalue weighted by Gasteiger charge is 2.34. The van der Waals surface area contributed by atoms with Gasteiger partial charge in [0, 0.05) is 35.2 Å². The molecule has 0 saturated carbocycles. The minimum absolute atomic E-state index is 0.0277. The van der Waals surface area contributed by atoms with Crippen LogP contribution in [0.4, 0.5) is 10.8 Å². The summed E-state index contributed by atoms with van der Waals surface area (Å²) in [6.45, 7) is 0.516. The minimum atomic E-state index is -0.308. The molecule has 1 saturated heterocycles. The number of carbonyl (C=O) groups is 2. The van der Waals surface area contributed by atoms with Crippen LogP contribution in [-0.4, -0.2) is 35.7 Å². The fourth-order valence-corrected chi connectivity index (χ4v) is 4.15. The summed E-state index contributed by atoms with van der Waals surface area (Å²) in [7, 11) is 1.60. The zero-order valence-corrected chi connectivity index (χ0v) is 17.0. The van der Waals surface area contributed by atoms with Crippen LogP contribution in [0.2, 0.25) is 5.02 Å². The van der Waals surface area contributed by atoms with Gasteiger partial charge in [-0.1, -0.05) is 29.0 Å². The highest BCUT2D eigenvalue weighted by Crippen LogP contribution is 2.34. The van der Waals surface area contributed by atoms with Crippen LogP contribution >= 0.6 is 22.9 Å². The van der Waals surface area contributed by atoms with E-state index in [1.54, 1.807) is 36.3 Å². The van der Waals surface area contributed by atoms with Crippen molar-refractivity contribution in [3.8, 4) is 5.75 Å². The monoisotopic (exact) mass is 428 g/mol. The summed E-state index contributed by atoms with van der Waals surface area (Å²) in [4.78, 5) is 26.5. The van der Waals surface area contributed by atoms with Gasteiger partial charge in [-0.2, -0.15) is 0 Å². The van der Waals surface area contributed by atoms with Crippen LogP contribution in [0.5, 0.6) is 5.75 Å². The lowest BCUT2D eigenvalue weighted by molar-refractivity contribution is -0.117. The zero-order valence-electron chi connectivity index (χ0n) is 15.5. The average molecular weight is 429 g/mol. The second kappa shape index (κ2) is 8.18. The van der Waals surface area contributed by atoms with E-state index in [0.29, 0.717) is 28.7 Å². The Morgan fingerprint density at radius 1 is 1.24 bits per heavy atom. The maximum absolute atomic E-state index is 12.5. The molecule has 1 aliphatic heterocycles. The summed E-state index contributed by atoms with van der Waals surface area (Å²) in [5.74, 6) is 0.387. The quantitative estimate of drug-likeness (QED) is 0.664. The van der Waals surface area contributed by atoms with Crippen LogP contribution < -0.4 is 15.0 Å². The Balaban J connectivity index is 1.44. The number of halogens is 1. The number of ether oxygens (including phenoxy) is 1. The van der Waals surface area contributed by atoms with E-state index < -0.39 is 0 Å². The van der Waals surface area contributed by atoms with E-state index in [1.807, 2.05) is 24.3 Å². The average Bonchev–Trinajstić information content (AvgIpc) is 3.34. The topological polar surface area (TPSA) is 84.4 Å². The molecule has 1 fully saturated rings. The van der Waals surface area contributed by atoms with Gasteiger partial charge in [-0.3, -0.25) is 14.9 Å². The number of anilines is 2. The maximum atomic E-state index is 12.5. The molecule has 0 aliphatic carbocycles. The van der Waals surface area contributed by atoms with E-state index in [0.717, 1.165) is 16.4 Å². The van der Waals surface area contributed by atoms with E-state index in [4.69, 9.17) is 16.3 Å². The molecule has 4 rings (SSSR count). The Kier molecular flexibility index (Phi) is 5.46. The number of aromatic nitrogens is 2. The van der Waals surface area contributed by atoms with Gasteiger partial charge in [0.2, 0.25) is 11.0 Å². The first-order chi connectivity index (χ1) is 14.0. The fraction of sp³-hybridized carbons (Fsp3) is 0.200. The summed E-state index contributed by atoms with van der Waals surface area (Å²) in [5.41, 5.74) is 1.26. The number of benzene rings is 2. The van der Waals surface area contributed by atoms with E-state index in [-0.39, 0.29) is 17.7 Å². The van der Waals surface area contributed by atoms with E-state index >= 15 is 0 Å². The first-order valence-electron chi connectivity index (χ1n) is 8.88. The second-order valence-electron chi connectivity index (χ2n) is 6.51. The largest absolute Gasteiger partial charge is 0.497 e. The van der Waals surface area contributed by atoms with E-state index in [9.17, 15) is 9.59 Å². The van der Waals surface area contributed by atoms with Crippen LogP contribution in [0.15, 0.2) is 48.5 Å². The predicted molar refractivity (Wildman–Crippen MR) is 112 cm³/mol. The van der Waals surface area contributed by atoms with Gasteiger partial charge >= 0.3 is 0 Å². The molecule has 7 nitrogen and oxygen atoms in total. The number of methoxy groups -OCH3 is 1. The molecule has 2 heterocycles. The SMILES string of the molecule is COc1ccc(N2CC(c3nnc(NC(=O)c4cccc(Cl)c4)s3)CC2=O)cc1. The lowest BCUT2D eigenvalue weighted by Gasteiger charge is -2.16. The first kappa shape index (κ1) is 19.4. The van der Waals surface area contributed by atoms with Crippen LogP contribution in [0.1, 0.15) is 27.7 Å². The van der Waals surface area contributed by atoms with Crippen LogP contribution in [-0.2, 0) is 4.79 Å². The summed E-state index contributed by atoms with van der Waals surface area (Å²) in [5, 5.41) is 12.6. The van der Waals surface area contributed by atoms with Crippen LogP contribution in [0, 0.1) is 0 Å². The molecule has 3 aromatic rings. The molecule has 1 aromatic heterocycles. The van der Waals surface area contributed by atoms with Crippen molar-refractivity contribution in [3.63, 3.8) is 0 Å². The molecule has 0 bridgehead atoms. The van der Waals surface area contributed by atoms with Crippen molar-refractivity contribution < 1.29 is 14.3 Å². The standard InChI is InChI=1S/C20H17ClN4O3S/c1-28-16-7-5-15(6-8-16)25-11-13(10-17(25)26)19-23-24-20(29-19)22-18(27)12-3-2-4-14(21)9-12/h2-9,13H,10-11H2,1H3,(H,22,24,27). The number of nitrogens with zero attached hydrogens (tertiary/aromatic N) is 3. The van der Waals surface area contributed by atoms with E-state index in [1.165, 1.54) is 11.3 Å². The third-order valence-corrected chi connectivity index (χ3v) is 5.84. The number of hydrogen-bond donors (Lipinski definition) is 1. The predicted octanol–water partition coefficient (Wildman–Crippen LogP) is 3.97. The molecular formula is C20H17ClN4O3S. The van der Waals surface area contributed by atoms with Crippen LogP contribution in [0.3, 0.4) is 0 Å². The Bertz CT molecular complexity index is 1050. The van der Waals surface area contributed by atoms with Crippen molar-refractivity contribution in [1.82, 2.24) is 10.2 Å². The van der Waals surface area contributed by atoms with Crippen molar-refractivity contribution in [2.75, 3.05) is 23.9 Å². The highest BCUT2D eigenvalue weighted by atomic mass is 35.5. The Labute approximate surface area is 176 Å². The molecule has 1 unspecified atom stereocenters. The number of amides is 2. The second-order valence-corrected chi connectivity index (χ2v) is 7.96. The molecule has 9 heteroatoms. The third kappa shape index (κ3) is 4.23. The van der Waals surface area contributed by atoms with Crippen molar-refractivity contribution in [3.05, 3.63) is 64.1 Å². The summed E-state index contributed by atoms with van der Waals surface area (Å²) < 4.78 is 5.16. The van der Waals surface area contributed by atoms with Crippen LogP contribution in [0.25, 0.3) is 0 Å². The van der Waals surface area contributed by atoms with Gasteiger partial charge < -0.3 is 9.64 Å². The molecule has 0 spiro atoms. The Hall–Kier alpha value is -2.97. The zero-order chi connectivity index (χ0) is 20.4. The van der Waals surface area contributed by atoms with Gasteiger partial charge in [-0.05, 0) is 42.5 Å². The molecule has 29 heavy (non-hydrogen) atoms. The Morgan fingerprint density at radius 2 is 2.03 bits per heavy atom. The maximum Gasteiger partial charge on any atom is 0.257 e. The van der Waals surface area contributed by atoms with E-state index in [2.05, 4.69) is 15.5 Å². The number of rotatable bonds is 5.